The Morgan fingerprint density at radius 1 is 1.43 bits per heavy atom. The zero-order valence-electron chi connectivity index (χ0n) is 10.4. The van der Waals surface area contributed by atoms with E-state index in [1.807, 2.05) is 0 Å². The number of rotatable bonds is 1. The molecule has 0 radical (unpaired) electrons. The molecule has 10 heteroatoms. The van der Waals surface area contributed by atoms with Crippen LogP contribution in [-0.2, 0) is 4.79 Å². The average molecular weight is 298 g/mol. The van der Waals surface area contributed by atoms with Gasteiger partial charge >= 0.3 is 12.1 Å². The summed E-state index contributed by atoms with van der Waals surface area (Å²) in [6, 6.07) is 0. The normalized spacial score (nSPS) is 11.0. The minimum absolute atomic E-state index is 0.146. The minimum atomic E-state index is -4.94. The number of alkyl halides is 3. The number of aromatic nitrogens is 3. The molecule has 0 aromatic carbocycles. The Morgan fingerprint density at radius 3 is 2.81 bits per heavy atom. The first kappa shape index (κ1) is 14.4. The number of nitrogens with one attached hydrogen (secondary N) is 1. The van der Waals surface area contributed by atoms with E-state index in [0.29, 0.717) is 16.6 Å². The number of fused-ring (bicyclic) bond motifs is 1. The van der Waals surface area contributed by atoms with Crippen LogP contribution in [0.15, 0.2) is 12.5 Å². The fraction of sp³-hybridized carbons (Fsp3) is 0.182. The van der Waals surface area contributed by atoms with Crippen molar-refractivity contribution >= 4 is 22.8 Å². The van der Waals surface area contributed by atoms with Crippen molar-refractivity contribution in [3.8, 4) is 11.8 Å². The molecule has 2 aromatic rings. The molecular weight excluding hydrogens is 289 g/mol. The largest absolute Gasteiger partial charge is 0.471 e. The number of halogens is 3. The molecular formula is C11H9F3N6O. The molecule has 21 heavy (non-hydrogen) atoms. The maximum atomic E-state index is 12.0. The summed E-state index contributed by atoms with van der Waals surface area (Å²) >= 11 is 0. The van der Waals surface area contributed by atoms with Gasteiger partial charge in [-0.25, -0.2) is 9.97 Å². The lowest BCUT2D eigenvalue weighted by molar-refractivity contribution is -0.173. The smallest absolute Gasteiger partial charge is 0.383 e. The summed E-state index contributed by atoms with van der Waals surface area (Å²) in [7, 11) is 0. The molecule has 0 saturated carbocycles. The van der Waals surface area contributed by atoms with Crippen molar-refractivity contribution < 1.29 is 18.0 Å². The summed E-state index contributed by atoms with van der Waals surface area (Å²) in [5, 5.41) is 2.02. The second kappa shape index (κ2) is 5.20. The molecule has 0 aliphatic heterocycles. The van der Waals surface area contributed by atoms with Crippen LogP contribution in [0.25, 0.3) is 11.0 Å². The van der Waals surface area contributed by atoms with Crippen molar-refractivity contribution in [2.45, 2.75) is 6.18 Å². The number of carbonyl (C=O) groups excluding carboxylic acids is 1. The van der Waals surface area contributed by atoms with Crippen molar-refractivity contribution in [1.29, 1.82) is 0 Å². The molecule has 0 aliphatic rings. The van der Waals surface area contributed by atoms with Crippen LogP contribution in [0.3, 0.4) is 0 Å². The highest BCUT2D eigenvalue weighted by Crippen LogP contribution is 2.21. The maximum Gasteiger partial charge on any atom is 0.471 e. The summed E-state index contributed by atoms with van der Waals surface area (Å²) in [5.74, 6) is 8.67. The highest BCUT2D eigenvalue weighted by Gasteiger charge is 2.38. The Labute approximate surface area is 116 Å². The van der Waals surface area contributed by atoms with Crippen LogP contribution in [0.5, 0.6) is 0 Å². The zero-order chi connectivity index (χ0) is 15.6. The van der Waals surface area contributed by atoms with Gasteiger partial charge in [-0.3, -0.25) is 9.47 Å². The summed E-state index contributed by atoms with van der Waals surface area (Å²) in [6.45, 7) is -0.469. The van der Waals surface area contributed by atoms with Crippen LogP contribution in [0.2, 0.25) is 0 Å². The van der Waals surface area contributed by atoms with E-state index in [1.54, 1.807) is 5.32 Å². The van der Waals surface area contributed by atoms with Gasteiger partial charge < -0.3 is 16.9 Å². The Balaban J connectivity index is 2.19. The molecule has 2 aromatic heterocycles. The van der Waals surface area contributed by atoms with Crippen LogP contribution < -0.4 is 16.9 Å². The van der Waals surface area contributed by atoms with E-state index in [1.165, 1.54) is 17.2 Å². The molecule has 7 nitrogen and oxygen atoms in total. The zero-order valence-corrected chi connectivity index (χ0v) is 10.4. The van der Waals surface area contributed by atoms with Gasteiger partial charge in [0.05, 0.1) is 17.5 Å². The van der Waals surface area contributed by atoms with Crippen LogP contribution in [0, 0.1) is 11.8 Å². The number of hydrogen-bond acceptors (Lipinski definition) is 5. The Morgan fingerprint density at radius 2 is 2.14 bits per heavy atom. The number of carbonyl (C=O) groups is 1. The van der Waals surface area contributed by atoms with E-state index in [0.717, 1.165) is 0 Å². The molecule has 0 unspecified atom stereocenters. The predicted octanol–water partition coefficient (Wildman–Crippen LogP) is -0.243. The SMILES string of the molecule is Nc1ncnc2c1c(C#CCNC(=O)C(F)(F)F)cn2N. The summed E-state index contributed by atoms with van der Waals surface area (Å²) < 4.78 is 37.0. The Hall–Kier alpha value is -2.96. The van der Waals surface area contributed by atoms with E-state index < -0.39 is 18.6 Å². The Bertz CT molecular complexity index is 755. The Kier molecular flexibility index (Phi) is 3.58. The van der Waals surface area contributed by atoms with Gasteiger partial charge in [-0.2, -0.15) is 13.2 Å². The predicted molar refractivity (Wildman–Crippen MR) is 68.0 cm³/mol. The molecule has 0 fully saturated rings. The third kappa shape index (κ3) is 2.97. The monoisotopic (exact) mass is 298 g/mol. The van der Waals surface area contributed by atoms with Crippen molar-refractivity contribution in [3.05, 3.63) is 18.1 Å². The van der Waals surface area contributed by atoms with Crippen molar-refractivity contribution in [3.63, 3.8) is 0 Å². The van der Waals surface area contributed by atoms with Gasteiger partial charge in [0.2, 0.25) is 0 Å². The first-order valence-electron chi connectivity index (χ1n) is 5.51. The molecule has 0 aliphatic carbocycles. The quantitative estimate of drug-likeness (QED) is 0.497. The number of anilines is 1. The van der Waals surface area contributed by atoms with E-state index >= 15 is 0 Å². The first-order chi connectivity index (χ1) is 9.80. The molecule has 2 heterocycles. The highest BCUT2D eigenvalue weighted by molar-refractivity contribution is 5.92. The van der Waals surface area contributed by atoms with Crippen LogP contribution in [-0.4, -0.2) is 33.3 Å². The summed E-state index contributed by atoms with van der Waals surface area (Å²) in [6.07, 6.45) is -2.30. The fourth-order valence-corrected chi connectivity index (χ4v) is 1.57. The van der Waals surface area contributed by atoms with Gasteiger partial charge in [-0.05, 0) is 0 Å². The number of hydrogen-bond donors (Lipinski definition) is 3. The summed E-state index contributed by atoms with van der Waals surface area (Å²) in [5.41, 5.74) is 6.37. The van der Waals surface area contributed by atoms with Gasteiger partial charge in [0.1, 0.15) is 12.1 Å². The molecule has 2 rings (SSSR count). The van der Waals surface area contributed by atoms with Gasteiger partial charge in [0, 0.05) is 6.20 Å². The van der Waals surface area contributed by atoms with E-state index in [4.69, 9.17) is 11.6 Å². The second-order valence-electron chi connectivity index (χ2n) is 3.89. The van der Waals surface area contributed by atoms with Gasteiger partial charge in [0.15, 0.2) is 5.65 Å². The fourth-order valence-electron chi connectivity index (χ4n) is 1.57. The lowest BCUT2D eigenvalue weighted by atomic mass is 10.2. The number of nitrogens with zero attached hydrogens (tertiary/aromatic N) is 3. The van der Waals surface area contributed by atoms with E-state index in [9.17, 15) is 18.0 Å². The molecule has 1 amide bonds. The van der Waals surface area contributed by atoms with Crippen molar-refractivity contribution in [2.24, 2.45) is 0 Å². The first-order valence-corrected chi connectivity index (χ1v) is 5.51. The molecule has 5 N–H and O–H groups in total. The number of nitrogen functional groups attached to an aromatic ring is 2. The summed E-state index contributed by atoms with van der Waals surface area (Å²) in [4.78, 5) is 18.3. The highest BCUT2D eigenvalue weighted by atomic mass is 19.4. The van der Waals surface area contributed by atoms with Crippen molar-refractivity contribution in [1.82, 2.24) is 20.0 Å². The second-order valence-corrected chi connectivity index (χ2v) is 3.89. The topological polar surface area (TPSA) is 112 Å². The average Bonchev–Trinajstić information content (AvgIpc) is 2.72. The van der Waals surface area contributed by atoms with E-state index in [2.05, 4.69) is 21.8 Å². The lowest BCUT2D eigenvalue weighted by Gasteiger charge is -2.03. The van der Waals surface area contributed by atoms with Gasteiger partial charge in [0.25, 0.3) is 0 Å². The molecule has 0 saturated heterocycles. The molecule has 0 spiro atoms. The number of nitrogens with two attached hydrogens (primary N) is 2. The van der Waals surface area contributed by atoms with Crippen LogP contribution in [0.1, 0.15) is 5.56 Å². The standard InChI is InChI=1S/C11H9F3N6O/c12-11(13,14)10(21)17-3-1-2-6-4-20(16)9-7(6)8(15)18-5-19-9/h4-5H,3,16H2,(H,17,21)(H2,15,18,19). The van der Waals surface area contributed by atoms with Gasteiger partial charge in [-0.1, -0.05) is 11.8 Å². The number of amides is 1. The minimum Gasteiger partial charge on any atom is -0.383 e. The third-order valence-corrected chi connectivity index (χ3v) is 2.46. The molecule has 0 bridgehead atoms. The maximum absolute atomic E-state index is 12.0. The van der Waals surface area contributed by atoms with Crippen molar-refractivity contribution in [2.75, 3.05) is 18.1 Å². The molecule has 0 atom stereocenters. The lowest BCUT2D eigenvalue weighted by Crippen LogP contribution is -2.36. The van der Waals surface area contributed by atoms with Crippen LogP contribution in [0.4, 0.5) is 19.0 Å². The van der Waals surface area contributed by atoms with E-state index in [-0.39, 0.29) is 5.82 Å². The molecule has 110 valence electrons. The van der Waals surface area contributed by atoms with Gasteiger partial charge in [-0.15, -0.1) is 0 Å². The third-order valence-electron chi connectivity index (χ3n) is 2.46. The van der Waals surface area contributed by atoms with Crippen LogP contribution >= 0.6 is 0 Å².